The van der Waals surface area contributed by atoms with Gasteiger partial charge in [-0.05, 0) is 44.4 Å². The van der Waals surface area contributed by atoms with Crippen LogP contribution < -0.4 is 16.0 Å². The van der Waals surface area contributed by atoms with Crippen molar-refractivity contribution >= 4 is 23.6 Å². The predicted molar refractivity (Wildman–Crippen MR) is 105 cm³/mol. The second kappa shape index (κ2) is 10.5. The standard InChI is InChI=1S/C20H31N3O4/c1-14(2)12-18(25)23-16-8-6-15(7-9-16)13-22-17(24)10-11-21-19(26)27-20(3,4)5/h6-9,14H,10-13H2,1-5H3,(H,21,26)(H,22,24)(H,23,25). The molecule has 0 spiro atoms. The Morgan fingerprint density at radius 1 is 1.00 bits per heavy atom. The van der Waals surface area contributed by atoms with Crippen LogP contribution in [0, 0.1) is 5.92 Å². The Balaban J connectivity index is 2.29. The molecule has 3 N–H and O–H groups in total. The Kier molecular flexibility index (Phi) is 8.78. The van der Waals surface area contributed by atoms with Crippen LogP contribution in [-0.4, -0.2) is 30.1 Å². The van der Waals surface area contributed by atoms with Crippen LogP contribution in [0.3, 0.4) is 0 Å². The zero-order valence-electron chi connectivity index (χ0n) is 16.8. The van der Waals surface area contributed by atoms with E-state index < -0.39 is 11.7 Å². The molecule has 27 heavy (non-hydrogen) atoms. The monoisotopic (exact) mass is 377 g/mol. The van der Waals surface area contributed by atoms with E-state index >= 15 is 0 Å². The zero-order chi connectivity index (χ0) is 20.4. The highest BCUT2D eigenvalue weighted by Crippen LogP contribution is 2.11. The van der Waals surface area contributed by atoms with Crippen LogP contribution in [0.5, 0.6) is 0 Å². The SMILES string of the molecule is CC(C)CC(=O)Nc1ccc(CNC(=O)CCNC(=O)OC(C)(C)C)cc1. The molecule has 150 valence electrons. The minimum absolute atomic E-state index is 0.0106. The fourth-order valence-corrected chi connectivity index (χ4v) is 2.17. The largest absolute Gasteiger partial charge is 0.444 e. The molecule has 0 saturated heterocycles. The number of rotatable bonds is 8. The van der Waals surface area contributed by atoms with E-state index in [0.717, 1.165) is 11.3 Å². The summed E-state index contributed by atoms with van der Waals surface area (Å²) in [5.41, 5.74) is 1.09. The maximum absolute atomic E-state index is 11.8. The molecule has 3 amide bonds. The Hall–Kier alpha value is -2.57. The van der Waals surface area contributed by atoms with Crippen molar-refractivity contribution in [1.29, 1.82) is 0 Å². The highest BCUT2D eigenvalue weighted by Gasteiger charge is 2.15. The third-order valence-electron chi connectivity index (χ3n) is 3.34. The number of alkyl carbamates (subject to hydrolysis) is 1. The van der Waals surface area contributed by atoms with Gasteiger partial charge in [-0.2, -0.15) is 0 Å². The molecule has 0 aliphatic heterocycles. The molecule has 1 aromatic carbocycles. The number of hydrogen-bond acceptors (Lipinski definition) is 4. The summed E-state index contributed by atoms with van der Waals surface area (Å²) in [7, 11) is 0. The van der Waals surface area contributed by atoms with E-state index in [-0.39, 0.29) is 24.8 Å². The summed E-state index contributed by atoms with van der Waals surface area (Å²) in [6.07, 6.45) is 0.114. The van der Waals surface area contributed by atoms with Gasteiger partial charge in [-0.15, -0.1) is 0 Å². The normalized spacial score (nSPS) is 11.0. The van der Waals surface area contributed by atoms with E-state index in [1.54, 1.807) is 20.8 Å². The van der Waals surface area contributed by atoms with E-state index in [4.69, 9.17) is 4.74 Å². The molecule has 1 rings (SSSR count). The molecule has 1 aromatic rings. The molecule has 0 aliphatic carbocycles. The molecule has 7 heteroatoms. The summed E-state index contributed by atoms with van der Waals surface area (Å²) in [5.74, 6) is 0.133. The third kappa shape index (κ3) is 10.9. The van der Waals surface area contributed by atoms with Crippen molar-refractivity contribution in [3.8, 4) is 0 Å². The second-order valence-corrected chi connectivity index (χ2v) is 7.80. The summed E-state index contributed by atoms with van der Waals surface area (Å²) in [4.78, 5) is 35.1. The van der Waals surface area contributed by atoms with Crippen molar-refractivity contribution in [2.45, 2.75) is 59.6 Å². The number of hydrogen-bond donors (Lipinski definition) is 3. The van der Waals surface area contributed by atoms with Gasteiger partial charge in [0, 0.05) is 31.6 Å². The number of ether oxygens (including phenoxy) is 1. The topological polar surface area (TPSA) is 96.5 Å². The summed E-state index contributed by atoms with van der Waals surface area (Å²) >= 11 is 0. The van der Waals surface area contributed by atoms with Gasteiger partial charge in [-0.25, -0.2) is 4.79 Å². The van der Waals surface area contributed by atoms with Crippen LogP contribution >= 0.6 is 0 Å². The fourth-order valence-electron chi connectivity index (χ4n) is 2.17. The van der Waals surface area contributed by atoms with Crippen molar-refractivity contribution < 1.29 is 19.1 Å². The lowest BCUT2D eigenvalue weighted by Crippen LogP contribution is -2.35. The Labute approximate surface area is 161 Å². The minimum atomic E-state index is -0.563. The Morgan fingerprint density at radius 3 is 2.19 bits per heavy atom. The lowest BCUT2D eigenvalue weighted by atomic mass is 10.1. The van der Waals surface area contributed by atoms with Gasteiger partial charge in [0.05, 0.1) is 0 Å². The smallest absolute Gasteiger partial charge is 0.407 e. The number of benzene rings is 1. The van der Waals surface area contributed by atoms with Crippen LogP contribution in [0.25, 0.3) is 0 Å². The van der Waals surface area contributed by atoms with Crippen LogP contribution in [0.2, 0.25) is 0 Å². The zero-order valence-corrected chi connectivity index (χ0v) is 16.8. The van der Waals surface area contributed by atoms with Gasteiger partial charge in [-0.1, -0.05) is 26.0 Å². The minimum Gasteiger partial charge on any atom is -0.444 e. The fraction of sp³-hybridized carbons (Fsp3) is 0.550. The van der Waals surface area contributed by atoms with E-state index in [9.17, 15) is 14.4 Å². The van der Waals surface area contributed by atoms with Gasteiger partial charge in [0.15, 0.2) is 0 Å². The van der Waals surface area contributed by atoms with E-state index in [1.165, 1.54) is 0 Å². The van der Waals surface area contributed by atoms with Crippen LogP contribution in [-0.2, 0) is 20.9 Å². The average molecular weight is 377 g/mol. The Morgan fingerprint density at radius 2 is 1.63 bits per heavy atom. The molecule has 0 saturated carbocycles. The number of carbonyl (C=O) groups is 3. The van der Waals surface area contributed by atoms with Gasteiger partial charge in [0.25, 0.3) is 0 Å². The quantitative estimate of drug-likeness (QED) is 0.648. The van der Waals surface area contributed by atoms with Crippen LogP contribution in [0.1, 0.15) is 53.0 Å². The molecular formula is C20H31N3O4. The number of carbonyl (C=O) groups excluding carboxylic acids is 3. The Bertz CT molecular complexity index is 634. The first kappa shape index (κ1) is 22.5. The third-order valence-corrected chi connectivity index (χ3v) is 3.34. The predicted octanol–water partition coefficient (Wildman–Crippen LogP) is 3.20. The first-order valence-corrected chi connectivity index (χ1v) is 9.17. The van der Waals surface area contributed by atoms with Crippen LogP contribution in [0.4, 0.5) is 10.5 Å². The summed E-state index contributed by atoms with van der Waals surface area (Å²) < 4.78 is 5.10. The first-order valence-electron chi connectivity index (χ1n) is 9.17. The number of nitrogens with one attached hydrogen (secondary N) is 3. The van der Waals surface area contributed by atoms with Crippen molar-refractivity contribution in [2.75, 3.05) is 11.9 Å². The number of anilines is 1. The van der Waals surface area contributed by atoms with Crippen molar-refractivity contribution in [3.05, 3.63) is 29.8 Å². The lowest BCUT2D eigenvalue weighted by molar-refractivity contribution is -0.121. The van der Waals surface area contributed by atoms with Crippen molar-refractivity contribution in [3.63, 3.8) is 0 Å². The number of amides is 3. The average Bonchev–Trinajstić information content (AvgIpc) is 2.51. The summed E-state index contributed by atoms with van der Waals surface area (Å²) in [6, 6.07) is 7.32. The van der Waals surface area contributed by atoms with Gasteiger partial charge < -0.3 is 20.7 Å². The molecular weight excluding hydrogens is 346 g/mol. The summed E-state index contributed by atoms with van der Waals surface area (Å²) in [6.45, 7) is 9.91. The van der Waals surface area contributed by atoms with Crippen molar-refractivity contribution in [1.82, 2.24) is 10.6 Å². The van der Waals surface area contributed by atoms with E-state index in [0.29, 0.717) is 18.9 Å². The molecule has 7 nitrogen and oxygen atoms in total. The second-order valence-electron chi connectivity index (χ2n) is 7.80. The van der Waals surface area contributed by atoms with E-state index in [1.807, 2.05) is 38.1 Å². The highest BCUT2D eigenvalue weighted by atomic mass is 16.6. The first-order chi connectivity index (χ1) is 12.5. The molecule has 0 aliphatic rings. The van der Waals surface area contributed by atoms with E-state index in [2.05, 4.69) is 16.0 Å². The maximum Gasteiger partial charge on any atom is 0.407 e. The molecule has 0 atom stereocenters. The molecule has 0 bridgehead atoms. The van der Waals surface area contributed by atoms with Gasteiger partial charge in [-0.3, -0.25) is 9.59 Å². The molecule has 0 heterocycles. The summed E-state index contributed by atoms with van der Waals surface area (Å²) in [5, 5.41) is 8.18. The lowest BCUT2D eigenvalue weighted by Gasteiger charge is -2.19. The maximum atomic E-state index is 11.8. The van der Waals surface area contributed by atoms with Gasteiger partial charge in [0.1, 0.15) is 5.60 Å². The highest BCUT2D eigenvalue weighted by molar-refractivity contribution is 5.90. The molecule has 0 aromatic heterocycles. The molecule has 0 unspecified atom stereocenters. The van der Waals surface area contributed by atoms with Gasteiger partial charge in [0.2, 0.25) is 11.8 Å². The van der Waals surface area contributed by atoms with Crippen LogP contribution in [0.15, 0.2) is 24.3 Å². The molecule has 0 fully saturated rings. The van der Waals surface area contributed by atoms with Gasteiger partial charge >= 0.3 is 6.09 Å². The van der Waals surface area contributed by atoms with Crippen molar-refractivity contribution in [2.24, 2.45) is 5.92 Å². The molecule has 0 radical (unpaired) electrons.